The predicted molar refractivity (Wildman–Crippen MR) is 92.7 cm³/mol. The lowest BCUT2D eigenvalue weighted by Crippen LogP contribution is -2.26. The van der Waals surface area contributed by atoms with Crippen molar-refractivity contribution in [3.05, 3.63) is 45.9 Å². The molecule has 2 N–H and O–H groups in total. The van der Waals surface area contributed by atoms with Crippen molar-refractivity contribution in [2.45, 2.75) is 39.7 Å². The van der Waals surface area contributed by atoms with Gasteiger partial charge in [-0.05, 0) is 37.5 Å². The summed E-state index contributed by atoms with van der Waals surface area (Å²) in [7, 11) is 0. The van der Waals surface area contributed by atoms with Gasteiger partial charge in [-0.1, -0.05) is 19.1 Å². The fraction of sp³-hybridized carbons (Fsp3) is 0.353. The molecule has 0 fully saturated rings. The Morgan fingerprint density at radius 3 is 2.83 bits per heavy atom. The first-order valence-corrected chi connectivity index (χ1v) is 8.44. The van der Waals surface area contributed by atoms with Crippen LogP contribution in [0.3, 0.4) is 0 Å². The van der Waals surface area contributed by atoms with Crippen LogP contribution in [-0.2, 0) is 11.2 Å². The van der Waals surface area contributed by atoms with Crippen molar-refractivity contribution < 1.29 is 9.59 Å². The molecule has 0 unspecified atom stereocenters. The van der Waals surface area contributed by atoms with Crippen molar-refractivity contribution in [1.29, 1.82) is 0 Å². The Labute approximate surface area is 140 Å². The van der Waals surface area contributed by atoms with Crippen LogP contribution in [0.1, 0.15) is 53.5 Å². The molecule has 1 aromatic heterocycles. The van der Waals surface area contributed by atoms with Gasteiger partial charge in [0, 0.05) is 12.6 Å². The molecular weight excluding hydrogens is 310 g/mol. The Kier molecular flexibility index (Phi) is 5.87. The monoisotopic (exact) mass is 331 g/mol. The minimum absolute atomic E-state index is 0.119. The lowest BCUT2D eigenvalue weighted by molar-refractivity contribution is -0.114. The predicted octanol–water partition coefficient (Wildman–Crippen LogP) is 3.55. The maximum Gasteiger partial charge on any atom is 0.263 e. The van der Waals surface area contributed by atoms with Gasteiger partial charge >= 0.3 is 0 Å². The maximum atomic E-state index is 12.3. The van der Waals surface area contributed by atoms with E-state index in [1.165, 1.54) is 18.3 Å². The second kappa shape index (κ2) is 7.87. The summed E-state index contributed by atoms with van der Waals surface area (Å²) in [6, 6.07) is 7.30. The van der Waals surface area contributed by atoms with Crippen LogP contribution in [0, 0.1) is 0 Å². The third-order valence-corrected chi connectivity index (χ3v) is 4.35. The maximum absolute atomic E-state index is 12.3. The smallest absolute Gasteiger partial charge is 0.263 e. The molecule has 2 rings (SSSR count). The first kappa shape index (κ1) is 17.1. The van der Waals surface area contributed by atoms with Gasteiger partial charge in [-0.25, -0.2) is 4.98 Å². The molecule has 0 radical (unpaired) electrons. The van der Waals surface area contributed by atoms with E-state index in [0.29, 0.717) is 4.88 Å². The first-order valence-electron chi connectivity index (χ1n) is 7.62. The second-order valence-electron chi connectivity index (χ2n) is 5.37. The Morgan fingerprint density at radius 2 is 2.13 bits per heavy atom. The van der Waals surface area contributed by atoms with Crippen LogP contribution < -0.4 is 10.6 Å². The van der Waals surface area contributed by atoms with E-state index in [2.05, 4.69) is 22.5 Å². The molecule has 5 nitrogen and oxygen atoms in total. The first-order chi connectivity index (χ1) is 11.0. The van der Waals surface area contributed by atoms with Gasteiger partial charge in [0.2, 0.25) is 5.91 Å². The molecule has 0 aliphatic rings. The van der Waals surface area contributed by atoms with Gasteiger partial charge in [-0.15, -0.1) is 11.3 Å². The van der Waals surface area contributed by atoms with Crippen molar-refractivity contribution in [2.75, 3.05) is 5.32 Å². The van der Waals surface area contributed by atoms with E-state index in [-0.39, 0.29) is 17.9 Å². The minimum Gasteiger partial charge on any atom is -0.345 e. The summed E-state index contributed by atoms with van der Waals surface area (Å²) in [5.74, 6) is -0.241. The number of nitrogens with one attached hydrogen (secondary N) is 2. The van der Waals surface area contributed by atoms with Crippen LogP contribution in [0.15, 0.2) is 30.5 Å². The average molecular weight is 331 g/mol. The van der Waals surface area contributed by atoms with Crippen molar-refractivity contribution in [3.63, 3.8) is 0 Å². The van der Waals surface area contributed by atoms with Crippen LogP contribution in [0.5, 0.6) is 0 Å². The van der Waals surface area contributed by atoms with E-state index in [0.717, 1.165) is 29.1 Å². The molecule has 0 saturated heterocycles. The molecule has 23 heavy (non-hydrogen) atoms. The largest absolute Gasteiger partial charge is 0.345 e. The third kappa shape index (κ3) is 4.89. The fourth-order valence-corrected chi connectivity index (χ4v) is 3.11. The van der Waals surface area contributed by atoms with Crippen LogP contribution >= 0.6 is 11.3 Å². The quantitative estimate of drug-likeness (QED) is 0.850. The highest BCUT2D eigenvalue weighted by atomic mass is 32.1. The Hall–Kier alpha value is -2.21. The number of anilines is 1. The van der Waals surface area contributed by atoms with Gasteiger partial charge in [-0.2, -0.15) is 0 Å². The summed E-state index contributed by atoms with van der Waals surface area (Å²) < 4.78 is 0. The number of benzene rings is 1. The number of amides is 2. The molecule has 2 aromatic rings. The fourth-order valence-electron chi connectivity index (χ4n) is 2.18. The van der Waals surface area contributed by atoms with E-state index < -0.39 is 0 Å². The number of hydrogen-bond acceptors (Lipinski definition) is 4. The van der Waals surface area contributed by atoms with Gasteiger partial charge in [-0.3, -0.25) is 9.59 Å². The molecule has 0 aliphatic carbocycles. The highest BCUT2D eigenvalue weighted by Gasteiger charge is 2.14. The lowest BCUT2D eigenvalue weighted by Gasteiger charge is -2.14. The molecule has 0 bridgehead atoms. The zero-order valence-electron chi connectivity index (χ0n) is 13.6. The molecular formula is C17H21N3O2S. The SMILES string of the molecule is CCCc1ncc(C(=O)N[C@H](C)c2cccc(NC(C)=O)c2)s1. The number of hydrogen-bond donors (Lipinski definition) is 2. The molecule has 0 aliphatic heterocycles. The van der Waals surface area contributed by atoms with Gasteiger partial charge in [0.1, 0.15) is 4.88 Å². The molecule has 0 spiro atoms. The van der Waals surface area contributed by atoms with Crippen LogP contribution in [0.25, 0.3) is 0 Å². The van der Waals surface area contributed by atoms with E-state index in [1.54, 1.807) is 6.20 Å². The van der Waals surface area contributed by atoms with Crippen molar-refractivity contribution in [3.8, 4) is 0 Å². The van der Waals surface area contributed by atoms with Gasteiger partial charge < -0.3 is 10.6 Å². The summed E-state index contributed by atoms with van der Waals surface area (Å²) in [5.41, 5.74) is 1.65. The third-order valence-electron chi connectivity index (χ3n) is 3.30. The molecule has 0 saturated carbocycles. The highest BCUT2D eigenvalue weighted by molar-refractivity contribution is 7.13. The average Bonchev–Trinajstić information content (AvgIpc) is 2.96. The summed E-state index contributed by atoms with van der Waals surface area (Å²) in [4.78, 5) is 28.3. The van der Waals surface area contributed by atoms with Gasteiger partial charge in [0.25, 0.3) is 5.91 Å². The van der Waals surface area contributed by atoms with Crippen molar-refractivity contribution in [1.82, 2.24) is 10.3 Å². The zero-order valence-corrected chi connectivity index (χ0v) is 14.4. The van der Waals surface area contributed by atoms with E-state index >= 15 is 0 Å². The summed E-state index contributed by atoms with van der Waals surface area (Å²) in [5, 5.41) is 6.69. The number of carbonyl (C=O) groups excluding carboxylic acids is 2. The normalized spacial score (nSPS) is 11.8. The zero-order chi connectivity index (χ0) is 16.8. The number of thiazole rings is 1. The second-order valence-corrected chi connectivity index (χ2v) is 6.49. The molecule has 6 heteroatoms. The van der Waals surface area contributed by atoms with Crippen LogP contribution in [-0.4, -0.2) is 16.8 Å². The summed E-state index contributed by atoms with van der Waals surface area (Å²) in [6.07, 6.45) is 3.54. The summed E-state index contributed by atoms with van der Waals surface area (Å²) >= 11 is 1.43. The Balaban J connectivity index is 2.04. The van der Waals surface area contributed by atoms with E-state index in [1.807, 2.05) is 31.2 Å². The number of aryl methyl sites for hydroxylation is 1. The Bertz CT molecular complexity index is 697. The number of aromatic nitrogens is 1. The number of rotatable bonds is 6. The van der Waals surface area contributed by atoms with Crippen molar-refractivity contribution in [2.24, 2.45) is 0 Å². The molecule has 122 valence electrons. The lowest BCUT2D eigenvalue weighted by atomic mass is 10.1. The topological polar surface area (TPSA) is 71.1 Å². The minimum atomic E-state index is -0.159. The number of nitrogens with zero attached hydrogens (tertiary/aromatic N) is 1. The van der Waals surface area contributed by atoms with Crippen LogP contribution in [0.2, 0.25) is 0 Å². The van der Waals surface area contributed by atoms with Gasteiger partial charge in [0.15, 0.2) is 0 Å². The summed E-state index contributed by atoms with van der Waals surface area (Å²) in [6.45, 7) is 5.47. The highest BCUT2D eigenvalue weighted by Crippen LogP contribution is 2.20. The molecule has 1 heterocycles. The molecule has 1 atom stereocenters. The van der Waals surface area contributed by atoms with E-state index in [9.17, 15) is 9.59 Å². The van der Waals surface area contributed by atoms with Gasteiger partial charge in [0.05, 0.1) is 17.2 Å². The Morgan fingerprint density at radius 1 is 1.35 bits per heavy atom. The van der Waals surface area contributed by atoms with Crippen LogP contribution in [0.4, 0.5) is 5.69 Å². The molecule has 1 aromatic carbocycles. The number of carbonyl (C=O) groups is 2. The van der Waals surface area contributed by atoms with E-state index in [4.69, 9.17) is 0 Å². The molecule has 2 amide bonds. The standard InChI is InChI=1S/C17H21N3O2S/c1-4-6-16-18-10-15(23-16)17(22)19-11(2)13-7-5-8-14(9-13)20-12(3)21/h5,7-11H,4,6H2,1-3H3,(H,19,22)(H,20,21)/t11-/m1/s1. The van der Waals surface area contributed by atoms with Crippen molar-refractivity contribution >= 4 is 28.8 Å².